The molecule has 21 heavy (non-hydrogen) atoms. The van der Waals surface area contributed by atoms with Crippen LogP contribution in [0.3, 0.4) is 0 Å². The van der Waals surface area contributed by atoms with Crippen molar-refractivity contribution in [2.75, 3.05) is 31.8 Å². The smallest absolute Gasteiger partial charge is 0.339 e. The molecule has 1 aromatic rings. The van der Waals surface area contributed by atoms with Crippen molar-refractivity contribution in [3.8, 4) is 5.75 Å². The number of urea groups is 1. The normalized spacial score (nSPS) is 25.8. The van der Waals surface area contributed by atoms with Gasteiger partial charge in [-0.25, -0.2) is 15.2 Å². The highest BCUT2D eigenvalue weighted by atomic mass is 16.5. The Hall–Kier alpha value is -1.79. The van der Waals surface area contributed by atoms with E-state index in [2.05, 4.69) is 17.7 Å². The number of ether oxygens (including phenoxy) is 1. The van der Waals surface area contributed by atoms with Gasteiger partial charge in [0.25, 0.3) is 0 Å². The van der Waals surface area contributed by atoms with E-state index in [1.807, 2.05) is 30.0 Å². The minimum atomic E-state index is 0.0177. The van der Waals surface area contributed by atoms with E-state index < -0.39 is 0 Å². The van der Waals surface area contributed by atoms with Crippen molar-refractivity contribution in [2.45, 2.75) is 25.9 Å². The summed E-state index contributed by atoms with van der Waals surface area (Å²) in [4.78, 5) is 14.7. The maximum Gasteiger partial charge on any atom is 0.339 e. The molecule has 2 amide bonds. The van der Waals surface area contributed by atoms with Crippen molar-refractivity contribution in [3.63, 3.8) is 0 Å². The minimum Gasteiger partial charge on any atom is -0.496 e. The summed E-state index contributed by atoms with van der Waals surface area (Å²) >= 11 is 0. The molecule has 2 heterocycles. The topological polar surface area (TPSA) is 56.8 Å². The Morgan fingerprint density at radius 3 is 2.90 bits per heavy atom. The number of carbonyl (C=O) groups is 1. The van der Waals surface area contributed by atoms with Gasteiger partial charge in [0.15, 0.2) is 0 Å². The predicted octanol–water partition coefficient (Wildman–Crippen LogP) is 1.11. The number of benzene rings is 1. The fraction of sp³-hybridized carbons (Fsp3) is 0.533. The number of aryl methyl sites for hydroxylation is 1. The first-order valence-corrected chi connectivity index (χ1v) is 7.34. The minimum absolute atomic E-state index is 0.0177. The van der Waals surface area contributed by atoms with E-state index in [9.17, 15) is 4.79 Å². The van der Waals surface area contributed by atoms with Crippen LogP contribution in [-0.4, -0.2) is 49.8 Å². The number of nitrogens with zero attached hydrogens (tertiary/aromatic N) is 2. The van der Waals surface area contributed by atoms with Crippen LogP contribution in [0.5, 0.6) is 5.75 Å². The van der Waals surface area contributed by atoms with Crippen LogP contribution in [0, 0.1) is 6.92 Å². The van der Waals surface area contributed by atoms with Gasteiger partial charge in [0.2, 0.25) is 0 Å². The fourth-order valence-electron chi connectivity index (χ4n) is 3.07. The van der Waals surface area contributed by atoms with E-state index in [-0.39, 0.29) is 18.1 Å². The first-order valence-electron chi connectivity index (χ1n) is 7.34. The third-order valence-corrected chi connectivity index (χ3v) is 4.27. The van der Waals surface area contributed by atoms with Gasteiger partial charge in [0.05, 0.1) is 18.8 Å². The molecule has 2 atom stereocenters. The van der Waals surface area contributed by atoms with Gasteiger partial charge >= 0.3 is 6.03 Å². The molecule has 1 aromatic carbocycles. The van der Waals surface area contributed by atoms with E-state index in [0.717, 1.165) is 36.6 Å². The Bertz CT molecular complexity index is 548. The van der Waals surface area contributed by atoms with Crippen LogP contribution < -0.4 is 20.5 Å². The summed E-state index contributed by atoms with van der Waals surface area (Å²) in [6.07, 6.45) is 0. The third-order valence-electron chi connectivity index (χ3n) is 4.27. The largest absolute Gasteiger partial charge is 0.496 e. The van der Waals surface area contributed by atoms with Gasteiger partial charge in [-0.15, -0.1) is 0 Å². The second kappa shape index (κ2) is 5.54. The van der Waals surface area contributed by atoms with Gasteiger partial charge in [0.1, 0.15) is 5.75 Å². The van der Waals surface area contributed by atoms with E-state index in [0.29, 0.717) is 0 Å². The molecular formula is C15H22N4O2. The molecule has 2 aliphatic heterocycles. The molecule has 114 valence electrons. The van der Waals surface area contributed by atoms with Gasteiger partial charge in [-0.1, -0.05) is 0 Å². The number of hydrogen-bond donors (Lipinski definition) is 2. The maximum atomic E-state index is 12.7. The lowest BCUT2D eigenvalue weighted by atomic mass is 10.1. The zero-order chi connectivity index (χ0) is 15.0. The van der Waals surface area contributed by atoms with Gasteiger partial charge in [-0.05, 0) is 37.6 Å². The Labute approximate surface area is 125 Å². The molecule has 0 aromatic heterocycles. The number of piperazine rings is 1. The fourth-order valence-corrected chi connectivity index (χ4v) is 3.07. The summed E-state index contributed by atoms with van der Waals surface area (Å²) in [5.74, 6) is 0.830. The molecule has 0 aliphatic carbocycles. The first-order chi connectivity index (χ1) is 10.1. The number of amides is 2. The van der Waals surface area contributed by atoms with Crippen LogP contribution in [0.4, 0.5) is 10.5 Å². The Kier molecular flexibility index (Phi) is 3.73. The second-order valence-electron chi connectivity index (χ2n) is 5.65. The SMILES string of the molecule is COc1ccc(N2NC(C)C3CNCCN3C2=O)cc1C. The van der Waals surface area contributed by atoms with E-state index in [4.69, 9.17) is 4.74 Å². The highest BCUT2D eigenvalue weighted by molar-refractivity contribution is 5.92. The van der Waals surface area contributed by atoms with Crippen molar-refractivity contribution >= 4 is 11.7 Å². The summed E-state index contributed by atoms with van der Waals surface area (Å²) < 4.78 is 5.28. The number of rotatable bonds is 2. The number of anilines is 1. The van der Waals surface area contributed by atoms with E-state index in [1.54, 1.807) is 12.1 Å². The number of hydrogen-bond acceptors (Lipinski definition) is 4. The van der Waals surface area contributed by atoms with Crippen LogP contribution >= 0.6 is 0 Å². The van der Waals surface area contributed by atoms with Crippen molar-refractivity contribution in [1.82, 2.24) is 15.6 Å². The number of methoxy groups -OCH3 is 1. The number of nitrogens with one attached hydrogen (secondary N) is 2. The molecule has 0 spiro atoms. The molecule has 0 saturated carbocycles. The standard InChI is InChI=1S/C15H22N4O2/c1-10-8-12(4-5-14(10)21-3)19-15(20)18-7-6-16-9-13(18)11(2)17-19/h4-5,8,11,13,16-17H,6-7,9H2,1-3H3. The Morgan fingerprint density at radius 1 is 1.38 bits per heavy atom. The lowest BCUT2D eigenvalue weighted by Crippen LogP contribution is -2.71. The van der Waals surface area contributed by atoms with Crippen LogP contribution in [0.2, 0.25) is 0 Å². The summed E-state index contributed by atoms with van der Waals surface area (Å²) in [6.45, 7) is 6.54. The molecule has 2 fully saturated rings. The molecule has 0 bridgehead atoms. The monoisotopic (exact) mass is 290 g/mol. The van der Waals surface area contributed by atoms with Crippen LogP contribution in [-0.2, 0) is 0 Å². The van der Waals surface area contributed by atoms with Crippen molar-refractivity contribution in [1.29, 1.82) is 0 Å². The highest BCUT2D eigenvalue weighted by Gasteiger charge is 2.39. The average molecular weight is 290 g/mol. The Morgan fingerprint density at radius 2 is 2.19 bits per heavy atom. The molecule has 6 nitrogen and oxygen atoms in total. The second-order valence-corrected chi connectivity index (χ2v) is 5.65. The van der Waals surface area contributed by atoms with Crippen LogP contribution in [0.25, 0.3) is 0 Å². The summed E-state index contributed by atoms with van der Waals surface area (Å²) in [5, 5.41) is 5.00. The quantitative estimate of drug-likeness (QED) is 0.857. The van der Waals surface area contributed by atoms with E-state index in [1.165, 1.54) is 0 Å². The van der Waals surface area contributed by atoms with Gasteiger partial charge in [-0.2, -0.15) is 0 Å². The molecular weight excluding hydrogens is 268 g/mol. The Balaban J connectivity index is 1.88. The molecule has 2 aliphatic rings. The number of carbonyl (C=O) groups excluding carboxylic acids is 1. The van der Waals surface area contributed by atoms with Gasteiger partial charge in [-0.3, -0.25) is 0 Å². The zero-order valence-corrected chi connectivity index (χ0v) is 12.7. The molecule has 6 heteroatoms. The molecule has 3 rings (SSSR count). The maximum absolute atomic E-state index is 12.7. The lowest BCUT2D eigenvalue weighted by Gasteiger charge is -2.47. The summed E-state index contributed by atoms with van der Waals surface area (Å²) in [7, 11) is 1.65. The van der Waals surface area contributed by atoms with Crippen LogP contribution in [0.1, 0.15) is 12.5 Å². The average Bonchev–Trinajstić information content (AvgIpc) is 2.51. The van der Waals surface area contributed by atoms with Crippen molar-refractivity contribution in [2.24, 2.45) is 0 Å². The zero-order valence-electron chi connectivity index (χ0n) is 12.7. The summed E-state index contributed by atoms with van der Waals surface area (Å²) in [5.41, 5.74) is 5.17. The third kappa shape index (κ3) is 2.45. The molecule has 2 N–H and O–H groups in total. The highest BCUT2D eigenvalue weighted by Crippen LogP contribution is 2.27. The molecule has 0 radical (unpaired) electrons. The van der Waals surface area contributed by atoms with Crippen molar-refractivity contribution in [3.05, 3.63) is 23.8 Å². The summed E-state index contributed by atoms with van der Waals surface area (Å²) in [6, 6.07) is 6.21. The van der Waals surface area contributed by atoms with Gasteiger partial charge < -0.3 is 15.0 Å². The molecule has 2 unspecified atom stereocenters. The van der Waals surface area contributed by atoms with E-state index >= 15 is 0 Å². The number of hydrazine groups is 1. The van der Waals surface area contributed by atoms with Crippen LogP contribution in [0.15, 0.2) is 18.2 Å². The predicted molar refractivity (Wildman–Crippen MR) is 81.6 cm³/mol. The molecule has 2 saturated heterocycles. The van der Waals surface area contributed by atoms with Crippen molar-refractivity contribution < 1.29 is 9.53 Å². The van der Waals surface area contributed by atoms with Gasteiger partial charge in [0, 0.05) is 25.7 Å². The lowest BCUT2D eigenvalue weighted by molar-refractivity contribution is 0.121. The number of fused-ring (bicyclic) bond motifs is 1. The first kappa shape index (κ1) is 14.2.